The van der Waals surface area contributed by atoms with E-state index in [0.717, 1.165) is 48.3 Å². The van der Waals surface area contributed by atoms with Gasteiger partial charge in [-0.2, -0.15) is 15.2 Å². The lowest BCUT2D eigenvalue weighted by Gasteiger charge is -2.42. The molecule has 2 fully saturated rings. The number of aryl methyl sites for hydroxylation is 1. The summed E-state index contributed by atoms with van der Waals surface area (Å²) in [5, 5.41) is 11.9. The standard InChI is InChI=1S/C34H37FN8O2/c1-22-7-5-8-25-18-37-19-29(31(22)25)41-13-10-27-28(20-41)38-34(45-16-11-26-9-6-12-40(26)4)39-32(27)42-14-15-43(33(44)24(3)35)30(21-42)23(2)17-36/h5,7-8,11,16,18-19,26,30H,2-3,6,9-10,12-15,20-21H2,1,4H3/b16-11+/t26-,30+/m0/s1. The number of halogens is 1. The molecule has 45 heavy (non-hydrogen) atoms. The Morgan fingerprint density at radius 3 is 2.76 bits per heavy atom. The van der Waals surface area contributed by atoms with Crippen LogP contribution in [-0.2, 0) is 17.8 Å². The van der Waals surface area contributed by atoms with Crippen molar-refractivity contribution < 1.29 is 13.9 Å². The topological polar surface area (TPSA) is 102 Å². The van der Waals surface area contributed by atoms with Crippen LogP contribution in [-0.4, -0.2) is 82.5 Å². The highest BCUT2D eigenvalue weighted by Crippen LogP contribution is 2.35. The van der Waals surface area contributed by atoms with Crippen LogP contribution in [0, 0.1) is 18.3 Å². The molecule has 2 atom stereocenters. The van der Waals surface area contributed by atoms with Crippen LogP contribution in [0.1, 0.15) is 29.7 Å². The Hall–Kier alpha value is -4.82. The van der Waals surface area contributed by atoms with E-state index in [4.69, 9.17) is 14.7 Å². The van der Waals surface area contributed by atoms with E-state index in [1.54, 1.807) is 6.26 Å². The Balaban J connectivity index is 1.35. The Morgan fingerprint density at radius 1 is 1.16 bits per heavy atom. The van der Waals surface area contributed by atoms with Crippen LogP contribution in [0.3, 0.4) is 0 Å². The van der Waals surface area contributed by atoms with E-state index in [2.05, 4.69) is 60.1 Å². The predicted octanol–water partition coefficient (Wildman–Crippen LogP) is 4.46. The molecule has 0 saturated carbocycles. The van der Waals surface area contributed by atoms with E-state index in [1.807, 2.05) is 29.4 Å². The van der Waals surface area contributed by atoms with Gasteiger partial charge in [-0.05, 0) is 51.4 Å². The van der Waals surface area contributed by atoms with Crippen LogP contribution in [0.2, 0.25) is 0 Å². The van der Waals surface area contributed by atoms with Gasteiger partial charge in [-0.3, -0.25) is 14.7 Å². The Bertz CT molecular complexity index is 1730. The molecule has 3 aliphatic heterocycles. The fraction of sp³-hybridized carbons (Fsp3) is 0.382. The van der Waals surface area contributed by atoms with Crippen molar-refractivity contribution in [3.63, 3.8) is 0 Å². The number of anilines is 2. The maximum atomic E-state index is 13.9. The van der Waals surface area contributed by atoms with Crippen LogP contribution in [0.5, 0.6) is 6.01 Å². The zero-order valence-electron chi connectivity index (χ0n) is 25.7. The smallest absolute Gasteiger partial charge is 0.323 e. The summed E-state index contributed by atoms with van der Waals surface area (Å²) in [5.41, 5.74) is 4.22. The number of likely N-dealkylation sites (tertiary alicyclic amines) is 1. The maximum absolute atomic E-state index is 13.9. The van der Waals surface area contributed by atoms with Gasteiger partial charge >= 0.3 is 6.01 Å². The lowest BCUT2D eigenvalue weighted by atomic mass is 10.00. The van der Waals surface area contributed by atoms with E-state index in [1.165, 1.54) is 15.8 Å². The zero-order valence-corrected chi connectivity index (χ0v) is 25.7. The Labute approximate surface area is 262 Å². The van der Waals surface area contributed by atoms with Gasteiger partial charge in [0.1, 0.15) is 5.82 Å². The number of nitrogens with zero attached hydrogens (tertiary/aromatic N) is 8. The van der Waals surface area contributed by atoms with Crippen molar-refractivity contribution in [2.24, 2.45) is 0 Å². The monoisotopic (exact) mass is 608 g/mol. The van der Waals surface area contributed by atoms with Gasteiger partial charge in [-0.15, -0.1) is 0 Å². The summed E-state index contributed by atoms with van der Waals surface area (Å²) in [6.07, 6.45) is 10.4. The molecule has 3 aliphatic rings. The molecular formula is C34H37FN8O2. The molecule has 10 nitrogen and oxygen atoms in total. The van der Waals surface area contributed by atoms with Crippen molar-refractivity contribution in [2.45, 2.75) is 44.8 Å². The lowest BCUT2D eigenvalue weighted by molar-refractivity contribution is -0.130. The number of hydrogen-bond donors (Lipinski definition) is 0. The fourth-order valence-corrected chi connectivity index (χ4v) is 6.67. The Morgan fingerprint density at radius 2 is 2.00 bits per heavy atom. The largest absolute Gasteiger partial charge is 0.432 e. The second-order valence-electron chi connectivity index (χ2n) is 11.9. The highest BCUT2D eigenvalue weighted by atomic mass is 19.1. The fourth-order valence-electron chi connectivity index (χ4n) is 6.67. The minimum absolute atomic E-state index is 0.169. The van der Waals surface area contributed by atoms with Crippen molar-refractivity contribution >= 4 is 28.2 Å². The van der Waals surface area contributed by atoms with Gasteiger partial charge in [0.2, 0.25) is 0 Å². The third-order valence-electron chi connectivity index (χ3n) is 9.10. The molecule has 2 saturated heterocycles. The summed E-state index contributed by atoms with van der Waals surface area (Å²) in [5.74, 6) is -1.20. The molecular weight excluding hydrogens is 571 g/mol. The molecule has 0 aliphatic carbocycles. The average molecular weight is 609 g/mol. The molecule has 232 valence electrons. The SMILES string of the molecule is C=C(F)C(=O)N1CCN(c2nc(O/C=C/[C@@H]3CCCN3C)nc3c2CCN(c2cncc4cccc(C)c24)C3)C[C@@H]1C(=C)C#N. The third-order valence-corrected chi connectivity index (χ3v) is 9.10. The number of likely N-dealkylation sites (N-methyl/N-ethyl adjacent to an activating group) is 1. The molecule has 0 unspecified atom stereocenters. The van der Waals surface area contributed by atoms with E-state index in [9.17, 15) is 14.4 Å². The molecule has 0 N–H and O–H groups in total. The number of rotatable bonds is 7. The van der Waals surface area contributed by atoms with Gasteiger partial charge in [-0.25, -0.2) is 4.39 Å². The van der Waals surface area contributed by atoms with E-state index < -0.39 is 17.8 Å². The van der Waals surface area contributed by atoms with Crippen molar-refractivity contribution in [3.05, 3.63) is 84.3 Å². The van der Waals surface area contributed by atoms with Gasteiger partial charge in [0.25, 0.3) is 5.91 Å². The van der Waals surface area contributed by atoms with Crippen LogP contribution < -0.4 is 14.5 Å². The van der Waals surface area contributed by atoms with Gasteiger partial charge < -0.3 is 19.4 Å². The van der Waals surface area contributed by atoms with Crippen molar-refractivity contribution in [1.29, 1.82) is 5.26 Å². The molecule has 0 bridgehead atoms. The minimum Gasteiger partial charge on any atom is -0.432 e. The molecule has 11 heteroatoms. The highest BCUT2D eigenvalue weighted by molar-refractivity contribution is 5.96. The summed E-state index contributed by atoms with van der Waals surface area (Å²) in [6.45, 7) is 12.2. The van der Waals surface area contributed by atoms with Gasteiger partial charge in [0, 0.05) is 60.3 Å². The number of hydrogen-bond acceptors (Lipinski definition) is 9. The maximum Gasteiger partial charge on any atom is 0.323 e. The minimum atomic E-state index is -1.06. The zero-order chi connectivity index (χ0) is 31.7. The third kappa shape index (κ3) is 5.98. The number of nitriles is 1. The number of aromatic nitrogens is 3. The Kier molecular flexibility index (Phi) is 8.50. The molecule has 1 amide bonds. The number of amides is 1. The molecule has 3 aromatic rings. The summed E-state index contributed by atoms with van der Waals surface area (Å²) in [4.78, 5) is 34.8. The number of piperazine rings is 1. The number of ether oxygens (including phenoxy) is 1. The highest BCUT2D eigenvalue weighted by Gasteiger charge is 2.36. The summed E-state index contributed by atoms with van der Waals surface area (Å²) < 4.78 is 20.0. The molecule has 0 radical (unpaired) electrons. The molecule has 1 aromatic carbocycles. The molecule has 6 rings (SSSR count). The second kappa shape index (κ2) is 12.7. The number of carbonyl (C=O) groups excluding carboxylic acids is 1. The van der Waals surface area contributed by atoms with Crippen molar-refractivity contribution in [3.8, 4) is 12.1 Å². The van der Waals surface area contributed by atoms with Crippen molar-refractivity contribution in [1.82, 2.24) is 24.8 Å². The number of fused-ring (bicyclic) bond motifs is 2. The number of benzene rings is 1. The number of carbonyl (C=O) groups is 1. The summed E-state index contributed by atoms with van der Waals surface area (Å²) in [7, 11) is 2.10. The first-order valence-electron chi connectivity index (χ1n) is 15.3. The van der Waals surface area contributed by atoms with E-state index in [0.29, 0.717) is 31.4 Å². The van der Waals surface area contributed by atoms with E-state index in [-0.39, 0.29) is 24.7 Å². The average Bonchev–Trinajstić information content (AvgIpc) is 3.47. The predicted molar refractivity (Wildman–Crippen MR) is 171 cm³/mol. The van der Waals surface area contributed by atoms with Gasteiger partial charge in [-0.1, -0.05) is 31.4 Å². The van der Waals surface area contributed by atoms with Gasteiger partial charge in [0.15, 0.2) is 5.83 Å². The van der Waals surface area contributed by atoms with Crippen LogP contribution in [0.25, 0.3) is 10.8 Å². The summed E-state index contributed by atoms with van der Waals surface area (Å²) in [6, 6.07) is 8.08. The first-order valence-corrected chi connectivity index (χ1v) is 15.3. The van der Waals surface area contributed by atoms with Crippen molar-refractivity contribution in [2.75, 3.05) is 49.6 Å². The molecule has 0 spiro atoms. The van der Waals surface area contributed by atoms with E-state index >= 15 is 0 Å². The van der Waals surface area contributed by atoms with Crippen LogP contribution in [0.4, 0.5) is 15.9 Å². The first-order chi connectivity index (χ1) is 21.7. The lowest BCUT2D eigenvalue weighted by Crippen LogP contribution is -2.56. The van der Waals surface area contributed by atoms with Crippen LogP contribution >= 0.6 is 0 Å². The first kappa shape index (κ1) is 30.2. The molecule has 5 heterocycles. The summed E-state index contributed by atoms with van der Waals surface area (Å²) >= 11 is 0. The number of pyridine rings is 1. The quantitative estimate of drug-likeness (QED) is 0.219. The van der Waals surface area contributed by atoms with Crippen LogP contribution in [0.15, 0.2) is 67.5 Å². The second-order valence-corrected chi connectivity index (χ2v) is 11.9. The molecule has 2 aromatic heterocycles. The normalized spacial score (nSPS) is 20.4. The van der Waals surface area contributed by atoms with Gasteiger partial charge in [0.05, 0.1) is 42.5 Å².